The van der Waals surface area contributed by atoms with Crippen LogP contribution in [0, 0.1) is 0 Å². The molecule has 2 heterocycles. The maximum Gasteiger partial charge on any atom is 0.254 e. The summed E-state index contributed by atoms with van der Waals surface area (Å²) < 4.78 is 11.4. The Morgan fingerprint density at radius 3 is 2.67 bits per heavy atom. The van der Waals surface area contributed by atoms with Crippen LogP contribution >= 0.6 is 0 Å². The van der Waals surface area contributed by atoms with Gasteiger partial charge in [-0.1, -0.05) is 13.3 Å². The van der Waals surface area contributed by atoms with E-state index in [-0.39, 0.29) is 5.91 Å². The predicted octanol–water partition coefficient (Wildman–Crippen LogP) is 1.67. The average molecular weight is 309 g/mol. The van der Waals surface area contributed by atoms with E-state index in [1.165, 1.54) is 0 Å². The number of hydrogen-bond acceptors (Lipinski definition) is 4. The maximum absolute atomic E-state index is 12.6. The van der Waals surface area contributed by atoms with Gasteiger partial charge in [0, 0.05) is 53.2 Å². The zero-order valence-electron chi connectivity index (χ0n) is 12.7. The summed E-state index contributed by atoms with van der Waals surface area (Å²) in [5.74, 6) is 1.94. The lowest BCUT2D eigenvalue weighted by Crippen LogP contribution is -2.41. The molecule has 6 heteroatoms. The molecule has 21 heavy (non-hydrogen) atoms. The fourth-order valence-corrected chi connectivity index (χ4v) is 3.44. The summed E-state index contributed by atoms with van der Waals surface area (Å²) in [4.78, 5) is 18.9. The Balaban J connectivity index is 2.20. The first-order valence-corrected chi connectivity index (χ1v) is 9.02. The van der Waals surface area contributed by atoms with E-state index >= 15 is 0 Å². The highest BCUT2D eigenvalue weighted by molar-refractivity contribution is 7.85. The van der Waals surface area contributed by atoms with Gasteiger partial charge in [0.15, 0.2) is 0 Å². The molecular weight excluding hydrogens is 286 g/mol. The highest BCUT2D eigenvalue weighted by Crippen LogP contribution is 2.15. The van der Waals surface area contributed by atoms with Gasteiger partial charge in [0.25, 0.3) is 5.91 Å². The van der Waals surface area contributed by atoms with Crippen LogP contribution in [0.2, 0.25) is 0 Å². The van der Waals surface area contributed by atoms with Crippen LogP contribution in [0.3, 0.4) is 0 Å². The first-order valence-electron chi connectivity index (χ1n) is 7.53. The summed E-state index contributed by atoms with van der Waals surface area (Å²) in [5, 5.41) is 3.18. The van der Waals surface area contributed by atoms with Gasteiger partial charge < -0.3 is 10.2 Å². The molecule has 1 aliphatic heterocycles. The number of nitrogens with one attached hydrogen (secondary N) is 1. The lowest BCUT2D eigenvalue weighted by Gasteiger charge is -2.26. The third-order valence-corrected chi connectivity index (χ3v) is 4.73. The largest absolute Gasteiger partial charge is 0.370 e. The van der Waals surface area contributed by atoms with Crippen molar-refractivity contribution < 1.29 is 9.00 Å². The number of carbonyl (C=O) groups excluding carboxylic acids is 1. The minimum atomic E-state index is -0.767. The van der Waals surface area contributed by atoms with Crippen molar-refractivity contribution in [3.8, 4) is 0 Å². The van der Waals surface area contributed by atoms with Crippen molar-refractivity contribution in [2.24, 2.45) is 0 Å². The first-order chi connectivity index (χ1) is 10.1. The van der Waals surface area contributed by atoms with Gasteiger partial charge in [-0.25, -0.2) is 4.98 Å². The van der Waals surface area contributed by atoms with Gasteiger partial charge in [-0.3, -0.25) is 9.00 Å². The summed E-state index contributed by atoms with van der Waals surface area (Å²) in [6.07, 6.45) is 1.86. The van der Waals surface area contributed by atoms with Crippen molar-refractivity contribution in [2.75, 3.05) is 36.5 Å². The normalized spacial score (nSPS) is 16.0. The van der Waals surface area contributed by atoms with Crippen LogP contribution in [0.4, 0.5) is 5.82 Å². The Kier molecular flexibility index (Phi) is 5.73. The monoisotopic (exact) mass is 309 g/mol. The summed E-state index contributed by atoms with van der Waals surface area (Å²) in [5.41, 5.74) is 1.62. The lowest BCUT2D eigenvalue weighted by molar-refractivity contribution is 0.0771. The molecular formula is C15H23N3O2S. The zero-order chi connectivity index (χ0) is 15.2. The number of anilines is 1. The smallest absolute Gasteiger partial charge is 0.254 e. The Labute approximate surface area is 128 Å². The standard InChI is InChI=1S/C15H23N3O2S/c1-3-5-13-10-12(11-14(17-13)16-4-2)15(19)18-6-8-21(20)9-7-18/h10-11H,3-9H2,1-2H3,(H,16,17). The van der Waals surface area contributed by atoms with E-state index in [2.05, 4.69) is 17.2 Å². The molecule has 0 unspecified atom stereocenters. The molecule has 1 fully saturated rings. The van der Waals surface area contributed by atoms with E-state index in [4.69, 9.17) is 0 Å². The molecule has 0 aromatic carbocycles. The van der Waals surface area contributed by atoms with Crippen molar-refractivity contribution in [1.82, 2.24) is 9.88 Å². The molecule has 5 nitrogen and oxygen atoms in total. The van der Waals surface area contributed by atoms with E-state index in [9.17, 15) is 9.00 Å². The quantitative estimate of drug-likeness (QED) is 0.899. The van der Waals surface area contributed by atoms with E-state index < -0.39 is 10.8 Å². The topological polar surface area (TPSA) is 62.3 Å². The Morgan fingerprint density at radius 1 is 1.33 bits per heavy atom. The minimum Gasteiger partial charge on any atom is -0.370 e. The molecule has 116 valence electrons. The number of carbonyl (C=O) groups is 1. The van der Waals surface area contributed by atoms with Gasteiger partial charge in [-0.05, 0) is 25.5 Å². The Morgan fingerprint density at radius 2 is 2.05 bits per heavy atom. The predicted molar refractivity (Wildman–Crippen MR) is 86.2 cm³/mol. The second-order valence-corrected chi connectivity index (χ2v) is 6.85. The van der Waals surface area contributed by atoms with E-state index in [0.29, 0.717) is 30.2 Å². The van der Waals surface area contributed by atoms with Gasteiger partial charge >= 0.3 is 0 Å². The van der Waals surface area contributed by atoms with Crippen LogP contribution in [0.15, 0.2) is 12.1 Å². The van der Waals surface area contributed by atoms with Crippen LogP contribution in [-0.4, -0.2) is 51.1 Å². The second-order valence-electron chi connectivity index (χ2n) is 5.15. The van der Waals surface area contributed by atoms with Crippen molar-refractivity contribution in [2.45, 2.75) is 26.7 Å². The van der Waals surface area contributed by atoms with Crippen LogP contribution in [-0.2, 0) is 17.2 Å². The second kappa shape index (κ2) is 7.54. The van der Waals surface area contributed by atoms with Gasteiger partial charge in [0.05, 0.1) is 0 Å². The fraction of sp³-hybridized carbons (Fsp3) is 0.600. The summed E-state index contributed by atoms with van der Waals surface area (Å²) in [6.45, 7) is 6.04. The Hall–Kier alpha value is -1.43. The average Bonchev–Trinajstić information content (AvgIpc) is 2.48. The number of amides is 1. The molecule has 1 N–H and O–H groups in total. The highest BCUT2D eigenvalue weighted by Gasteiger charge is 2.22. The number of aromatic nitrogens is 1. The molecule has 1 saturated heterocycles. The van der Waals surface area contributed by atoms with E-state index in [0.717, 1.165) is 30.9 Å². The van der Waals surface area contributed by atoms with E-state index in [1.807, 2.05) is 19.1 Å². The zero-order valence-corrected chi connectivity index (χ0v) is 13.5. The number of hydrogen-bond donors (Lipinski definition) is 1. The number of nitrogens with zero attached hydrogens (tertiary/aromatic N) is 2. The highest BCUT2D eigenvalue weighted by atomic mass is 32.2. The van der Waals surface area contributed by atoms with Crippen LogP contribution < -0.4 is 5.32 Å². The molecule has 0 spiro atoms. The molecule has 1 aliphatic rings. The summed E-state index contributed by atoms with van der Waals surface area (Å²) in [7, 11) is -0.767. The SMILES string of the molecule is CCCc1cc(C(=O)N2CCS(=O)CC2)cc(NCC)n1. The summed E-state index contributed by atoms with van der Waals surface area (Å²) >= 11 is 0. The van der Waals surface area contributed by atoms with Crippen LogP contribution in [0.25, 0.3) is 0 Å². The third-order valence-electron chi connectivity index (χ3n) is 3.45. The molecule has 0 saturated carbocycles. The molecule has 1 aromatic rings. The Bertz CT molecular complexity index is 499. The number of aryl methyl sites for hydroxylation is 1. The van der Waals surface area contributed by atoms with E-state index in [1.54, 1.807) is 4.90 Å². The molecule has 1 aromatic heterocycles. The molecule has 2 rings (SSSR count). The minimum absolute atomic E-state index is 0.0191. The van der Waals surface area contributed by atoms with Crippen molar-refractivity contribution >= 4 is 22.5 Å². The fourth-order valence-electron chi connectivity index (χ4n) is 2.39. The third kappa shape index (κ3) is 4.27. The van der Waals surface area contributed by atoms with Gasteiger partial charge in [0.2, 0.25) is 0 Å². The molecule has 0 bridgehead atoms. The lowest BCUT2D eigenvalue weighted by atomic mass is 10.1. The van der Waals surface area contributed by atoms with Crippen molar-refractivity contribution in [1.29, 1.82) is 0 Å². The molecule has 0 aliphatic carbocycles. The number of rotatable bonds is 5. The van der Waals surface area contributed by atoms with Gasteiger partial charge in [-0.2, -0.15) is 0 Å². The van der Waals surface area contributed by atoms with Crippen LogP contribution in [0.1, 0.15) is 36.3 Å². The summed E-state index contributed by atoms with van der Waals surface area (Å²) in [6, 6.07) is 3.70. The van der Waals surface area contributed by atoms with Gasteiger partial charge in [0.1, 0.15) is 5.82 Å². The van der Waals surface area contributed by atoms with Gasteiger partial charge in [-0.15, -0.1) is 0 Å². The van der Waals surface area contributed by atoms with Crippen LogP contribution in [0.5, 0.6) is 0 Å². The maximum atomic E-state index is 12.6. The first kappa shape index (κ1) is 15.9. The number of pyridine rings is 1. The molecule has 0 atom stereocenters. The van der Waals surface area contributed by atoms with Crippen molar-refractivity contribution in [3.05, 3.63) is 23.4 Å². The van der Waals surface area contributed by atoms with Crippen molar-refractivity contribution in [3.63, 3.8) is 0 Å². The molecule has 0 radical (unpaired) electrons. The molecule has 1 amide bonds.